The van der Waals surface area contributed by atoms with Crippen molar-refractivity contribution in [3.05, 3.63) is 76.5 Å². The van der Waals surface area contributed by atoms with Gasteiger partial charge in [-0.2, -0.15) is 0 Å². The zero-order chi connectivity index (χ0) is 24.1. The second kappa shape index (κ2) is 10.6. The fraction of sp³-hybridized carbons (Fsp3) is 0.346. The van der Waals surface area contributed by atoms with E-state index in [0.29, 0.717) is 35.1 Å². The van der Waals surface area contributed by atoms with Gasteiger partial charge in [-0.3, -0.25) is 4.79 Å². The van der Waals surface area contributed by atoms with E-state index in [9.17, 15) is 9.59 Å². The molecule has 0 saturated heterocycles. The van der Waals surface area contributed by atoms with Crippen molar-refractivity contribution in [2.75, 3.05) is 18.5 Å². The molecule has 6 nitrogen and oxygen atoms in total. The number of carbonyl (C=O) groups is 2. The summed E-state index contributed by atoms with van der Waals surface area (Å²) >= 11 is 5.57. The first-order valence-corrected chi connectivity index (χ1v) is 11.6. The van der Waals surface area contributed by atoms with Crippen LogP contribution in [0, 0.1) is 12.8 Å². The van der Waals surface area contributed by atoms with Gasteiger partial charge in [-0.15, -0.1) is 0 Å². The van der Waals surface area contributed by atoms with Crippen molar-refractivity contribution in [3.63, 3.8) is 0 Å². The molecule has 1 aliphatic rings. The van der Waals surface area contributed by atoms with E-state index in [-0.39, 0.29) is 17.8 Å². The molecule has 33 heavy (non-hydrogen) atoms. The van der Waals surface area contributed by atoms with Crippen molar-refractivity contribution in [3.8, 4) is 0 Å². The van der Waals surface area contributed by atoms with Crippen LogP contribution in [0.4, 0.5) is 5.69 Å². The minimum absolute atomic E-state index is 0.183. The Hall–Kier alpha value is -3.19. The number of carbonyl (C=O) groups excluding carboxylic acids is 2. The van der Waals surface area contributed by atoms with Gasteiger partial charge in [-0.05, 0) is 68.2 Å². The SMILES string of the molecule is CCN1C(=S)N[C@@H](c2cccc(NC(=O)c3ccccc3C)c2)C(C(=O)OCC(C)C)=C1C. The molecule has 174 valence electrons. The number of anilines is 1. The van der Waals surface area contributed by atoms with E-state index in [0.717, 1.165) is 16.8 Å². The molecule has 2 aromatic rings. The minimum atomic E-state index is -0.477. The summed E-state index contributed by atoms with van der Waals surface area (Å²) in [6.45, 7) is 10.7. The molecule has 0 unspecified atom stereocenters. The van der Waals surface area contributed by atoms with Gasteiger partial charge in [0.25, 0.3) is 5.91 Å². The van der Waals surface area contributed by atoms with Crippen molar-refractivity contribution >= 4 is 34.9 Å². The summed E-state index contributed by atoms with van der Waals surface area (Å²) in [7, 11) is 0. The number of hydrogen-bond acceptors (Lipinski definition) is 4. The lowest BCUT2D eigenvalue weighted by Gasteiger charge is -2.37. The molecule has 0 fully saturated rings. The molecule has 0 saturated carbocycles. The Labute approximate surface area is 201 Å². The Morgan fingerprint density at radius 1 is 1.15 bits per heavy atom. The number of ether oxygens (including phenoxy) is 1. The van der Waals surface area contributed by atoms with E-state index in [1.165, 1.54) is 0 Å². The van der Waals surface area contributed by atoms with Gasteiger partial charge in [0.05, 0.1) is 18.2 Å². The number of esters is 1. The minimum Gasteiger partial charge on any atom is -0.462 e. The normalized spacial score (nSPS) is 16.0. The Balaban J connectivity index is 1.93. The van der Waals surface area contributed by atoms with Gasteiger partial charge < -0.3 is 20.3 Å². The van der Waals surface area contributed by atoms with Gasteiger partial charge >= 0.3 is 5.97 Å². The van der Waals surface area contributed by atoms with Crippen molar-refractivity contribution in [1.29, 1.82) is 0 Å². The van der Waals surface area contributed by atoms with E-state index in [4.69, 9.17) is 17.0 Å². The van der Waals surface area contributed by atoms with Crippen LogP contribution in [0.2, 0.25) is 0 Å². The lowest BCUT2D eigenvalue weighted by molar-refractivity contribution is -0.140. The largest absolute Gasteiger partial charge is 0.462 e. The highest BCUT2D eigenvalue weighted by Crippen LogP contribution is 2.32. The molecule has 0 spiro atoms. The Kier molecular flexibility index (Phi) is 7.87. The number of benzene rings is 2. The van der Waals surface area contributed by atoms with Gasteiger partial charge in [-0.1, -0.05) is 44.2 Å². The summed E-state index contributed by atoms with van der Waals surface area (Å²) in [5.41, 5.74) is 4.26. The third kappa shape index (κ3) is 5.60. The average molecular weight is 466 g/mol. The van der Waals surface area contributed by atoms with Crippen LogP contribution in [0.25, 0.3) is 0 Å². The topological polar surface area (TPSA) is 70.7 Å². The molecule has 0 radical (unpaired) electrons. The first kappa shape index (κ1) is 24.5. The fourth-order valence-corrected chi connectivity index (χ4v) is 4.20. The highest BCUT2D eigenvalue weighted by molar-refractivity contribution is 7.80. The number of nitrogens with zero attached hydrogens (tertiary/aromatic N) is 1. The lowest BCUT2D eigenvalue weighted by atomic mass is 9.94. The molecular formula is C26H31N3O3S. The molecule has 0 bridgehead atoms. The third-order valence-electron chi connectivity index (χ3n) is 5.55. The smallest absolute Gasteiger partial charge is 0.338 e. The van der Waals surface area contributed by atoms with E-state index in [2.05, 4.69) is 10.6 Å². The Bertz CT molecular complexity index is 1090. The number of aryl methyl sites for hydroxylation is 1. The molecule has 1 amide bonds. The second-order valence-electron chi connectivity index (χ2n) is 8.51. The van der Waals surface area contributed by atoms with Crippen LogP contribution >= 0.6 is 12.2 Å². The summed E-state index contributed by atoms with van der Waals surface area (Å²) in [5.74, 6) is -0.319. The van der Waals surface area contributed by atoms with Crippen molar-refractivity contribution < 1.29 is 14.3 Å². The number of amides is 1. The first-order chi connectivity index (χ1) is 15.7. The first-order valence-electron chi connectivity index (χ1n) is 11.2. The fourth-order valence-electron chi connectivity index (χ4n) is 3.82. The molecule has 1 aliphatic heterocycles. The van der Waals surface area contributed by atoms with Crippen LogP contribution in [0.5, 0.6) is 0 Å². The molecule has 2 aromatic carbocycles. The number of hydrogen-bond donors (Lipinski definition) is 2. The molecule has 0 aromatic heterocycles. The van der Waals surface area contributed by atoms with Gasteiger partial charge in [0.1, 0.15) is 0 Å². The van der Waals surface area contributed by atoms with E-state index in [1.807, 2.05) is 82.0 Å². The van der Waals surface area contributed by atoms with Crippen molar-refractivity contribution in [1.82, 2.24) is 10.2 Å². The van der Waals surface area contributed by atoms with Crippen molar-refractivity contribution in [2.45, 2.75) is 40.7 Å². The summed E-state index contributed by atoms with van der Waals surface area (Å²) in [5, 5.41) is 6.80. The summed E-state index contributed by atoms with van der Waals surface area (Å²) < 4.78 is 5.58. The zero-order valence-electron chi connectivity index (χ0n) is 19.8. The van der Waals surface area contributed by atoms with Gasteiger partial charge in [0.15, 0.2) is 5.11 Å². The molecule has 3 rings (SSSR count). The third-order valence-corrected chi connectivity index (χ3v) is 5.89. The van der Waals surface area contributed by atoms with Gasteiger partial charge in [-0.25, -0.2) is 4.79 Å². The van der Waals surface area contributed by atoms with Crippen molar-refractivity contribution in [2.24, 2.45) is 5.92 Å². The predicted octanol–water partition coefficient (Wildman–Crippen LogP) is 4.97. The van der Waals surface area contributed by atoms with E-state index < -0.39 is 6.04 Å². The van der Waals surface area contributed by atoms with Crippen LogP contribution in [0.15, 0.2) is 59.8 Å². The van der Waals surface area contributed by atoms with Gasteiger partial charge in [0.2, 0.25) is 0 Å². The standard InChI is InChI=1S/C26H31N3O3S/c1-6-29-18(5)22(25(31)32-15-16(2)3)23(28-26(29)33)19-11-9-12-20(14-19)27-24(30)21-13-8-7-10-17(21)4/h7-14,16,23H,6,15H2,1-5H3,(H,27,30)(H,28,33)/t23-/m0/s1. The Morgan fingerprint density at radius 2 is 1.88 bits per heavy atom. The summed E-state index contributed by atoms with van der Waals surface area (Å²) in [6, 6.07) is 14.4. The highest BCUT2D eigenvalue weighted by Gasteiger charge is 2.34. The predicted molar refractivity (Wildman–Crippen MR) is 135 cm³/mol. The van der Waals surface area contributed by atoms with Crippen LogP contribution in [-0.2, 0) is 9.53 Å². The molecule has 1 atom stereocenters. The zero-order valence-corrected chi connectivity index (χ0v) is 20.6. The van der Waals surface area contributed by atoms with E-state index in [1.54, 1.807) is 6.07 Å². The maximum Gasteiger partial charge on any atom is 0.338 e. The van der Waals surface area contributed by atoms with Crippen LogP contribution in [-0.4, -0.2) is 35.0 Å². The van der Waals surface area contributed by atoms with Crippen LogP contribution in [0.3, 0.4) is 0 Å². The molecular weight excluding hydrogens is 434 g/mol. The average Bonchev–Trinajstić information content (AvgIpc) is 2.77. The lowest BCUT2D eigenvalue weighted by Crippen LogP contribution is -2.47. The monoisotopic (exact) mass is 465 g/mol. The highest BCUT2D eigenvalue weighted by atomic mass is 32.1. The maximum atomic E-state index is 13.1. The van der Waals surface area contributed by atoms with Crippen LogP contribution in [0.1, 0.15) is 55.2 Å². The van der Waals surface area contributed by atoms with E-state index >= 15 is 0 Å². The summed E-state index contributed by atoms with van der Waals surface area (Å²) in [6.07, 6.45) is 0. The number of nitrogens with one attached hydrogen (secondary N) is 2. The second-order valence-corrected chi connectivity index (χ2v) is 8.90. The van der Waals surface area contributed by atoms with Crippen LogP contribution < -0.4 is 10.6 Å². The Morgan fingerprint density at radius 3 is 2.55 bits per heavy atom. The number of allylic oxidation sites excluding steroid dienone is 1. The number of rotatable bonds is 7. The maximum absolute atomic E-state index is 13.1. The number of thiocarbonyl (C=S) groups is 1. The molecule has 2 N–H and O–H groups in total. The molecule has 1 heterocycles. The molecule has 7 heteroatoms. The van der Waals surface area contributed by atoms with Gasteiger partial charge in [0, 0.05) is 23.5 Å². The summed E-state index contributed by atoms with van der Waals surface area (Å²) in [4.78, 5) is 27.8. The molecule has 0 aliphatic carbocycles. The quantitative estimate of drug-likeness (QED) is 0.444.